The van der Waals surface area contributed by atoms with Gasteiger partial charge in [-0.05, 0) is 12.8 Å². The molecule has 0 bridgehead atoms. The number of aliphatic hydroxyl groups excluding tert-OH is 8. The third-order valence-corrected chi connectivity index (χ3v) is 17.8. The van der Waals surface area contributed by atoms with E-state index in [9.17, 15) is 45.6 Å². The lowest BCUT2D eigenvalue weighted by atomic mass is 9.97. The Morgan fingerprint density at radius 3 is 1.04 bits per heavy atom. The molecule has 0 radical (unpaired) electrons. The van der Waals surface area contributed by atoms with Crippen LogP contribution < -0.4 is 5.32 Å². The Bertz CT molecular complexity index is 1380. The van der Waals surface area contributed by atoms with Crippen molar-refractivity contribution in [1.29, 1.82) is 0 Å². The second kappa shape index (κ2) is 54.2. The molecule has 2 saturated heterocycles. The first-order valence-corrected chi connectivity index (χ1v) is 35.3. The fraction of sp³-hybridized carbons (Fsp3) is 0.985. The van der Waals surface area contributed by atoms with Crippen molar-refractivity contribution in [3.8, 4) is 0 Å². The Morgan fingerprint density at radius 2 is 0.695 bits per heavy atom. The van der Waals surface area contributed by atoms with Gasteiger partial charge >= 0.3 is 0 Å². The van der Waals surface area contributed by atoms with E-state index in [1.165, 1.54) is 257 Å². The number of unbranched alkanes of at least 4 members (excludes halogenated alkanes) is 46. The summed E-state index contributed by atoms with van der Waals surface area (Å²) in [4.78, 5) is 13.3. The van der Waals surface area contributed by atoms with Crippen LogP contribution in [0.5, 0.6) is 0 Å². The molecule has 4 unspecified atom stereocenters. The molecule has 1 amide bonds. The summed E-state index contributed by atoms with van der Waals surface area (Å²) in [6.45, 7) is 2.90. The second-order valence-corrected chi connectivity index (χ2v) is 25.4. The van der Waals surface area contributed by atoms with Crippen LogP contribution in [0.4, 0.5) is 0 Å². The molecule has 2 fully saturated rings. The van der Waals surface area contributed by atoms with E-state index in [4.69, 9.17) is 18.9 Å². The molecule has 14 heteroatoms. The minimum absolute atomic E-state index is 0.199. The molecule has 2 aliphatic rings. The summed E-state index contributed by atoms with van der Waals surface area (Å²) >= 11 is 0. The average molecular weight is 1170 g/mol. The average Bonchev–Trinajstić information content (AvgIpc) is 3.56. The zero-order chi connectivity index (χ0) is 59.5. The van der Waals surface area contributed by atoms with E-state index >= 15 is 0 Å². The highest BCUT2D eigenvalue weighted by Crippen LogP contribution is 2.30. The SMILES string of the molecule is CCCCCCCCCCCCCCCCCCCCCCCCCCCCCCCCCCCCCC(=O)N[C@@H](CO[C@@H]1O[C@H](CO)[C@@H](O[C@@H]2O[C@H](CO)[C@H](O)C(O)C2O)C(O)C1O)[C@H](O)CCCCCCCCCCCCCCC. The minimum Gasteiger partial charge on any atom is -0.394 e. The van der Waals surface area contributed by atoms with Crippen LogP contribution >= 0.6 is 0 Å². The van der Waals surface area contributed by atoms with Gasteiger partial charge in [0.2, 0.25) is 5.91 Å². The van der Waals surface area contributed by atoms with Gasteiger partial charge in [0.15, 0.2) is 12.6 Å². The van der Waals surface area contributed by atoms with E-state index in [0.717, 1.165) is 51.4 Å². The predicted octanol–water partition coefficient (Wildman–Crippen LogP) is 14.0. The van der Waals surface area contributed by atoms with E-state index in [0.29, 0.717) is 12.8 Å². The Labute approximate surface area is 502 Å². The van der Waals surface area contributed by atoms with E-state index in [1.54, 1.807) is 0 Å². The van der Waals surface area contributed by atoms with Crippen LogP contribution in [0, 0.1) is 0 Å². The lowest BCUT2D eigenvalue weighted by Crippen LogP contribution is -2.65. The number of carbonyl (C=O) groups excluding carboxylic acids is 1. The van der Waals surface area contributed by atoms with Crippen molar-refractivity contribution in [2.45, 2.75) is 408 Å². The summed E-state index contributed by atoms with van der Waals surface area (Å²) in [5.41, 5.74) is 0. The standard InChI is InChI=1S/C68H133NO13/c1-3-5-7-9-11-13-15-17-18-19-20-21-22-23-24-25-26-27-28-29-30-31-32-33-34-35-36-37-38-40-42-44-46-48-50-52-60(73)69-56(57(72)51-49-47-45-43-41-39-16-14-12-10-8-6-4-2)55-79-67-65(78)63(76)66(59(54-71)81-67)82-68-64(77)62(75)61(74)58(53-70)80-68/h56-59,61-68,70-72,74-78H,3-55H2,1-2H3,(H,69,73)/t56-,57+,58+,59+,61-,62?,63?,64?,65?,66+,67+,68-/m0/s1. The Morgan fingerprint density at radius 1 is 0.390 bits per heavy atom. The molecule has 82 heavy (non-hydrogen) atoms. The number of ether oxygens (including phenoxy) is 4. The number of amides is 1. The van der Waals surface area contributed by atoms with Crippen LogP contribution in [0.15, 0.2) is 0 Å². The fourth-order valence-electron chi connectivity index (χ4n) is 12.2. The van der Waals surface area contributed by atoms with Gasteiger partial charge in [0.25, 0.3) is 0 Å². The molecule has 0 spiro atoms. The normalized spacial score (nSPS) is 23.8. The highest BCUT2D eigenvalue weighted by Gasteiger charge is 2.51. The summed E-state index contributed by atoms with van der Waals surface area (Å²) in [5.74, 6) is -0.199. The van der Waals surface area contributed by atoms with E-state index in [2.05, 4.69) is 19.2 Å². The molecule has 0 aromatic heterocycles. The largest absolute Gasteiger partial charge is 0.394 e. The number of rotatable bonds is 59. The van der Waals surface area contributed by atoms with Crippen molar-refractivity contribution < 1.29 is 64.6 Å². The molecule has 2 aliphatic heterocycles. The number of aliphatic hydroxyl groups is 8. The topological polar surface area (TPSA) is 228 Å². The summed E-state index contributed by atoms with van der Waals surface area (Å²) in [5, 5.41) is 87.4. The molecular weight excluding hydrogens is 1040 g/mol. The summed E-state index contributed by atoms with van der Waals surface area (Å²) < 4.78 is 22.9. The van der Waals surface area contributed by atoms with Crippen molar-refractivity contribution in [1.82, 2.24) is 5.32 Å². The first kappa shape index (κ1) is 77.1. The first-order chi connectivity index (χ1) is 40.1. The third kappa shape index (κ3) is 38.3. The molecule has 12 atom stereocenters. The predicted molar refractivity (Wildman–Crippen MR) is 332 cm³/mol. The molecule has 0 aromatic rings. The highest BCUT2D eigenvalue weighted by atomic mass is 16.7. The molecule has 14 nitrogen and oxygen atoms in total. The van der Waals surface area contributed by atoms with E-state index in [-0.39, 0.29) is 12.5 Å². The lowest BCUT2D eigenvalue weighted by molar-refractivity contribution is -0.359. The lowest BCUT2D eigenvalue weighted by Gasteiger charge is -2.46. The van der Waals surface area contributed by atoms with Gasteiger partial charge < -0.3 is 65.1 Å². The van der Waals surface area contributed by atoms with Crippen molar-refractivity contribution in [3.63, 3.8) is 0 Å². The van der Waals surface area contributed by atoms with E-state index < -0.39 is 86.8 Å². The maximum atomic E-state index is 13.3. The third-order valence-electron chi connectivity index (χ3n) is 17.8. The van der Waals surface area contributed by atoms with Gasteiger partial charge in [-0.25, -0.2) is 0 Å². The van der Waals surface area contributed by atoms with Gasteiger partial charge in [-0.15, -0.1) is 0 Å². The van der Waals surface area contributed by atoms with Crippen LogP contribution in [0.25, 0.3) is 0 Å². The van der Waals surface area contributed by atoms with Crippen LogP contribution in [0.1, 0.15) is 335 Å². The van der Waals surface area contributed by atoms with Crippen LogP contribution in [-0.2, 0) is 23.7 Å². The molecular formula is C68H133NO13. The number of hydrogen-bond acceptors (Lipinski definition) is 13. The van der Waals surface area contributed by atoms with Gasteiger partial charge in [-0.2, -0.15) is 0 Å². The number of carbonyl (C=O) groups is 1. The number of nitrogens with one attached hydrogen (secondary N) is 1. The molecule has 488 valence electrons. The van der Waals surface area contributed by atoms with Crippen molar-refractivity contribution in [2.24, 2.45) is 0 Å². The van der Waals surface area contributed by atoms with Crippen LogP contribution in [0.2, 0.25) is 0 Å². The van der Waals surface area contributed by atoms with Gasteiger partial charge in [0.1, 0.15) is 48.8 Å². The van der Waals surface area contributed by atoms with Gasteiger partial charge in [0, 0.05) is 6.42 Å². The second-order valence-electron chi connectivity index (χ2n) is 25.4. The fourth-order valence-corrected chi connectivity index (χ4v) is 12.2. The molecule has 2 heterocycles. The smallest absolute Gasteiger partial charge is 0.220 e. The van der Waals surface area contributed by atoms with Crippen molar-refractivity contribution >= 4 is 5.91 Å². The maximum absolute atomic E-state index is 13.3. The Balaban J connectivity index is 1.56. The quantitative estimate of drug-likeness (QED) is 0.0259. The summed E-state index contributed by atoms with van der Waals surface area (Å²) in [6.07, 6.45) is 47.2. The summed E-state index contributed by atoms with van der Waals surface area (Å²) in [6, 6.07) is -0.823. The van der Waals surface area contributed by atoms with Crippen molar-refractivity contribution in [2.75, 3.05) is 19.8 Å². The number of hydrogen-bond donors (Lipinski definition) is 9. The van der Waals surface area contributed by atoms with Crippen LogP contribution in [0.3, 0.4) is 0 Å². The van der Waals surface area contributed by atoms with Gasteiger partial charge in [-0.1, -0.05) is 316 Å². The van der Waals surface area contributed by atoms with E-state index in [1.807, 2.05) is 0 Å². The van der Waals surface area contributed by atoms with Crippen LogP contribution in [-0.4, -0.2) is 140 Å². The van der Waals surface area contributed by atoms with Gasteiger partial charge in [-0.3, -0.25) is 4.79 Å². The zero-order valence-electron chi connectivity index (χ0n) is 53.0. The molecule has 9 N–H and O–H groups in total. The first-order valence-electron chi connectivity index (χ1n) is 35.3. The molecule has 0 aromatic carbocycles. The highest BCUT2D eigenvalue weighted by molar-refractivity contribution is 5.76. The monoisotopic (exact) mass is 1170 g/mol. The van der Waals surface area contributed by atoms with Crippen molar-refractivity contribution in [3.05, 3.63) is 0 Å². The summed E-state index contributed by atoms with van der Waals surface area (Å²) in [7, 11) is 0. The molecule has 0 saturated carbocycles. The Hall–Kier alpha value is -1.01. The molecule has 2 rings (SSSR count). The minimum atomic E-state index is -1.78. The maximum Gasteiger partial charge on any atom is 0.220 e. The Kier molecular flexibility index (Phi) is 50.9. The molecule has 0 aliphatic carbocycles. The zero-order valence-corrected chi connectivity index (χ0v) is 53.0. The van der Waals surface area contributed by atoms with Gasteiger partial charge in [0.05, 0.1) is 32.0 Å².